The number of ether oxygens (including phenoxy) is 2. The molecule has 0 spiro atoms. The second-order valence-electron chi connectivity index (χ2n) is 6.12. The molecule has 0 saturated carbocycles. The van der Waals surface area contributed by atoms with Crippen molar-refractivity contribution in [3.8, 4) is 0 Å². The minimum Gasteiger partial charge on any atom is -0.351 e. The topological polar surface area (TPSA) is 64.8 Å². The lowest BCUT2D eigenvalue weighted by atomic mass is 10.1. The molecule has 2 atom stereocenters. The molecule has 0 aromatic carbocycles. The maximum Gasteiger partial charge on any atom is 0.239 e. The molecule has 0 unspecified atom stereocenters. The van der Waals surface area contributed by atoms with E-state index in [0.717, 1.165) is 12.2 Å². The second kappa shape index (κ2) is 13.0. The minimum atomic E-state index is -0.457. The molecule has 1 amide bonds. The van der Waals surface area contributed by atoms with Gasteiger partial charge in [-0.1, -0.05) is 13.8 Å². The Labute approximate surface area is 146 Å². The van der Waals surface area contributed by atoms with Gasteiger partial charge in [0.1, 0.15) is 0 Å². The fraction of sp³-hybridized carbons (Fsp3) is 0.941. The van der Waals surface area contributed by atoms with E-state index in [0.29, 0.717) is 32.1 Å². The number of nitrogens with two attached hydrogens (primary N) is 1. The number of amides is 1. The van der Waals surface area contributed by atoms with Crippen LogP contribution in [0.4, 0.5) is 0 Å². The summed E-state index contributed by atoms with van der Waals surface area (Å²) in [6.45, 7) is 12.0. The predicted molar refractivity (Wildman–Crippen MR) is 98.6 cm³/mol. The van der Waals surface area contributed by atoms with Crippen LogP contribution in [0.5, 0.6) is 0 Å². The van der Waals surface area contributed by atoms with Crippen molar-refractivity contribution >= 4 is 17.7 Å². The molecule has 0 saturated heterocycles. The molecule has 0 aliphatic rings. The largest absolute Gasteiger partial charge is 0.351 e. The first-order chi connectivity index (χ1) is 10.9. The molecule has 0 aliphatic carbocycles. The molecule has 0 aromatic rings. The van der Waals surface area contributed by atoms with E-state index in [-0.39, 0.29) is 11.9 Å². The summed E-state index contributed by atoms with van der Waals surface area (Å²) in [5.41, 5.74) is 6.11. The molecule has 0 fully saturated rings. The van der Waals surface area contributed by atoms with Crippen LogP contribution in [0.1, 0.15) is 47.5 Å². The molecule has 0 aliphatic heterocycles. The van der Waals surface area contributed by atoms with Gasteiger partial charge >= 0.3 is 0 Å². The SMILES string of the molecule is CCOC(OCC)[C@@H](C)N(CCC(C)C)C(=O)[C@@H](N)CCSC. The zero-order valence-electron chi connectivity index (χ0n) is 15.7. The molecule has 5 nitrogen and oxygen atoms in total. The third-order valence-corrected chi connectivity index (χ3v) is 4.37. The van der Waals surface area contributed by atoms with E-state index in [1.165, 1.54) is 0 Å². The normalized spacial score (nSPS) is 14.3. The van der Waals surface area contributed by atoms with Gasteiger partial charge in [-0.05, 0) is 51.5 Å². The number of rotatable bonds is 13. The van der Waals surface area contributed by atoms with Crippen molar-refractivity contribution < 1.29 is 14.3 Å². The van der Waals surface area contributed by atoms with Gasteiger partial charge in [0.15, 0.2) is 6.29 Å². The van der Waals surface area contributed by atoms with Crippen LogP contribution in [-0.4, -0.2) is 60.9 Å². The van der Waals surface area contributed by atoms with E-state index in [4.69, 9.17) is 15.2 Å². The van der Waals surface area contributed by atoms with Crippen LogP contribution in [0.25, 0.3) is 0 Å². The average Bonchev–Trinajstić information content (AvgIpc) is 2.51. The molecular formula is C17H36N2O3S. The molecule has 0 rings (SSSR count). The van der Waals surface area contributed by atoms with E-state index in [1.54, 1.807) is 11.8 Å². The lowest BCUT2D eigenvalue weighted by molar-refractivity contribution is -0.178. The lowest BCUT2D eigenvalue weighted by Crippen LogP contribution is -2.53. The quantitative estimate of drug-likeness (QED) is 0.519. The van der Waals surface area contributed by atoms with Gasteiger partial charge in [0.25, 0.3) is 0 Å². The zero-order valence-corrected chi connectivity index (χ0v) is 16.5. The second-order valence-corrected chi connectivity index (χ2v) is 7.11. The Bertz CT molecular complexity index is 310. The van der Waals surface area contributed by atoms with Gasteiger partial charge < -0.3 is 20.1 Å². The third kappa shape index (κ3) is 8.94. The summed E-state index contributed by atoms with van der Waals surface area (Å²) in [7, 11) is 0. The summed E-state index contributed by atoms with van der Waals surface area (Å²) >= 11 is 1.71. The van der Waals surface area contributed by atoms with Crippen molar-refractivity contribution in [2.75, 3.05) is 31.8 Å². The first kappa shape index (κ1) is 22.7. The summed E-state index contributed by atoms with van der Waals surface area (Å²) in [6, 6.07) is -0.609. The highest BCUT2D eigenvalue weighted by Gasteiger charge is 2.30. The molecule has 0 aromatic heterocycles. The Kier molecular flexibility index (Phi) is 12.9. The van der Waals surface area contributed by atoms with E-state index in [2.05, 4.69) is 13.8 Å². The lowest BCUT2D eigenvalue weighted by Gasteiger charge is -2.36. The number of thioether (sulfide) groups is 1. The molecule has 2 N–H and O–H groups in total. The van der Waals surface area contributed by atoms with E-state index < -0.39 is 12.3 Å². The van der Waals surface area contributed by atoms with Crippen molar-refractivity contribution in [3.63, 3.8) is 0 Å². The van der Waals surface area contributed by atoms with Crippen LogP contribution >= 0.6 is 11.8 Å². The fourth-order valence-corrected chi connectivity index (χ4v) is 2.78. The first-order valence-corrected chi connectivity index (χ1v) is 10.1. The van der Waals surface area contributed by atoms with Gasteiger partial charge in [-0.3, -0.25) is 4.79 Å². The molecule has 138 valence electrons. The molecular weight excluding hydrogens is 312 g/mol. The maximum atomic E-state index is 12.8. The van der Waals surface area contributed by atoms with Gasteiger partial charge in [-0.15, -0.1) is 0 Å². The highest BCUT2D eigenvalue weighted by atomic mass is 32.2. The average molecular weight is 349 g/mol. The first-order valence-electron chi connectivity index (χ1n) is 8.67. The highest BCUT2D eigenvalue weighted by molar-refractivity contribution is 7.98. The predicted octanol–water partition coefficient (Wildman–Crippen LogP) is 2.73. The summed E-state index contributed by atoms with van der Waals surface area (Å²) in [6.07, 6.45) is 3.25. The molecule has 0 bridgehead atoms. The number of carbonyl (C=O) groups excluding carboxylic acids is 1. The molecule has 0 radical (unpaired) electrons. The fourth-order valence-electron chi connectivity index (χ4n) is 2.30. The Balaban J connectivity index is 5.03. The Hall–Kier alpha value is -0.300. The van der Waals surface area contributed by atoms with Crippen molar-refractivity contribution in [3.05, 3.63) is 0 Å². The van der Waals surface area contributed by atoms with Crippen molar-refractivity contribution in [2.24, 2.45) is 11.7 Å². The number of nitrogens with zero attached hydrogens (tertiary/aromatic N) is 1. The van der Waals surface area contributed by atoms with Crippen molar-refractivity contribution in [1.29, 1.82) is 0 Å². The van der Waals surface area contributed by atoms with Crippen LogP contribution in [0.2, 0.25) is 0 Å². The standard InChI is InChI=1S/C17H36N2O3S/c1-7-21-17(22-8-2)14(5)19(11-9-13(3)4)16(20)15(18)10-12-23-6/h13-15,17H,7-12,18H2,1-6H3/t14-,15+/m1/s1. The number of carbonyl (C=O) groups is 1. The molecule has 23 heavy (non-hydrogen) atoms. The van der Waals surface area contributed by atoms with Gasteiger partial charge in [-0.2, -0.15) is 11.8 Å². The zero-order chi connectivity index (χ0) is 17.8. The van der Waals surface area contributed by atoms with E-state index in [9.17, 15) is 4.79 Å². The van der Waals surface area contributed by atoms with Gasteiger partial charge in [0.2, 0.25) is 5.91 Å². The highest BCUT2D eigenvalue weighted by Crippen LogP contribution is 2.15. The Morgan fingerprint density at radius 1 is 1.13 bits per heavy atom. The van der Waals surface area contributed by atoms with Gasteiger partial charge in [0, 0.05) is 19.8 Å². The minimum absolute atomic E-state index is 0.00314. The maximum absolute atomic E-state index is 12.8. The van der Waals surface area contributed by atoms with Crippen molar-refractivity contribution in [2.45, 2.75) is 65.8 Å². The Morgan fingerprint density at radius 3 is 2.13 bits per heavy atom. The number of hydrogen-bond donors (Lipinski definition) is 1. The summed E-state index contributed by atoms with van der Waals surface area (Å²) in [5.74, 6) is 1.41. The summed E-state index contributed by atoms with van der Waals surface area (Å²) in [5, 5.41) is 0. The van der Waals surface area contributed by atoms with Gasteiger partial charge in [0.05, 0.1) is 12.1 Å². The van der Waals surface area contributed by atoms with Crippen LogP contribution < -0.4 is 5.73 Å². The van der Waals surface area contributed by atoms with Crippen LogP contribution in [0, 0.1) is 5.92 Å². The summed E-state index contributed by atoms with van der Waals surface area (Å²) < 4.78 is 11.4. The molecule has 6 heteroatoms. The number of hydrogen-bond acceptors (Lipinski definition) is 5. The van der Waals surface area contributed by atoms with Crippen LogP contribution in [0.3, 0.4) is 0 Å². The van der Waals surface area contributed by atoms with Gasteiger partial charge in [-0.25, -0.2) is 0 Å². The summed E-state index contributed by atoms with van der Waals surface area (Å²) in [4.78, 5) is 14.6. The van der Waals surface area contributed by atoms with E-state index in [1.807, 2.05) is 31.9 Å². The van der Waals surface area contributed by atoms with Crippen molar-refractivity contribution in [1.82, 2.24) is 4.90 Å². The molecule has 0 heterocycles. The Morgan fingerprint density at radius 2 is 1.70 bits per heavy atom. The monoisotopic (exact) mass is 348 g/mol. The van der Waals surface area contributed by atoms with Crippen LogP contribution in [-0.2, 0) is 14.3 Å². The van der Waals surface area contributed by atoms with Crippen LogP contribution in [0.15, 0.2) is 0 Å². The smallest absolute Gasteiger partial charge is 0.239 e. The van der Waals surface area contributed by atoms with E-state index >= 15 is 0 Å². The third-order valence-electron chi connectivity index (χ3n) is 3.73.